The molecule has 90 heavy (non-hydrogen) atoms. The molecular weight excluding hydrogens is 1270 g/mol. The Morgan fingerprint density at radius 2 is 0.533 bits per heavy atom. The third-order valence-electron chi connectivity index (χ3n) is 18.8. The minimum absolute atomic E-state index is 0.359. The van der Waals surface area contributed by atoms with Crippen molar-refractivity contribution in [1.82, 2.24) is 0 Å². The zero-order valence-corrected chi connectivity index (χ0v) is 60.1. The summed E-state index contributed by atoms with van der Waals surface area (Å²) in [5.74, 6) is 1.97. The van der Waals surface area contributed by atoms with Crippen molar-refractivity contribution in [3.05, 3.63) is 173 Å². The first-order valence-corrected chi connectivity index (χ1v) is 33.9. The molecule has 4 aliphatic heterocycles. The molecule has 0 N–H and O–H groups in total. The molecule has 4 saturated heterocycles. The van der Waals surface area contributed by atoms with Crippen molar-refractivity contribution in [3.63, 3.8) is 0 Å². The van der Waals surface area contributed by atoms with Gasteiger partial charge >= 0.3 is 17.2 Å². The first kappa shape index (κ1) is 68.7. The smallest absolute Gasteiger partial charge is 0.408 e. The first-order chi connectivity index (χ1) is 41.7. The summed E-state index contributed by atoms with van der Waals surface area (Å²) in [5.41, 5.74) is 1.83. The Morgan fingerprint density at radius 3 is 0.744 bits per heavy atom. The second-order valence-corrected chi connectivity index (χ2v) is 31.5. The van der Waals surface area contributed by atoms with Crippen LogP contribution in [0, 0.1) is 27.7 Å². The average Bonchev–Trinajstić information content (AvgIpc) is 1.71. The fraction of sp³-hybridized carbons (Fsp3) is 0.486. The van der Waals surface area contributed by atoms with E-state index < -0.39 is 93.1 Å². The maximum Gasteiger partial charge on any atom is 0.530 e. The molecule has 4 aliphatic rings. The Bertz CT molecular complexity index is 3220. The summed E-state index contributed by atoms with van der Waals surface area (Å²) < 4.78 is 95.8. The van der Waals surface area contributed by atoms with Gasteiger partial charge in [0.25, 0.3) is 0 Å². The molecule has 0 aliphatic carbocycles. The highest BCUT2D eigenvalue weighted by molar-refractivity contribution is 7.43. The Balaban J connectivity index is 1.08. The second kappa shape index (κ2) is 24.9. The number of aryl methyl sites for hydroxylation is 4. The summed E-state index contributed by atoms with van der Waals surface area (Å²) in [5, 5.41) is 1.81. The zero-order valence-electron chi connectivity index (χ0n) is 55.2. The van der Waals surface area contributed by atoms with Crippen molar-refractivity contribution >= 4 is 63.6 Å². The van der Waals surface area contributed by atoms with E-state index in [1.807, 2.05) is 138 Å². The van der Waals surface area contributed by atoms with Gasteiger partial charge < -0.3 is 65.0 Å². The van der Waals surface area contributed by atoms with Gasteiger partial charge in [0, 0.05) is 37.1 Å². The number of ether oxygens (including phenoxy) is 8. The summed E-state index contributed by atoms with van der Waals surface area (Å²) in [6.45, 7) is 42.0. The summed E-state index contributed by atoms with van der Waals surface area (Å²) >= 11 is 27.1. The number of halogens is 4. The summed E-state index contributed by atoms with van der Waals surface area (Å²) in [6.07, 6.45) is -3.45. The predicted molar refractivity (Wildman–Crippen MR) is 355 cm³/mol. The van der Waals surface area contributed by atoms with E-state index in [9.17, 15) is 0 Å². The van der Waals surface area contributed by atoms with E-state index in [4.69, 9.17) is 111 Å². The Labute approximate surface area is 553 Å². The zero-order chi connectivity index (χ0) is 65.8. The largest absolute Gasteiger partial charge is 0.530 e. The van der Waals surface area contributed by atoms with Crippen molar-refractivity contribution in [2.45, 2.75) is 221 Å². The van der Waals surface area contributed by atoms with Crippen molar-refractivity contribution in [2.24, 2.45) is 0 Å². The number of hydrogen-bond donors (Lipinski definition) is 0. The topological polar surface area (TPSA) is 129 Å². The number of rotatable bonds is 18. The van der Waals surface area contributed by atoms with E-state index >= 15 is 0 Å². The van der Waals surface area contributed by atoms with Crippen molar-refractivity contribution in [3.8, 4) is 34.5 Å². The molecule has 0 unspecified atom stereocenters. The van der Waals surface area contributed by atoms with Gasteiger partial charge in [0.2, 0.25) is 0 Å². The molecule has 0 aromatic heterocycles. The second-order valence-electron chi connectivity index (χ2n) is 27.8. The van der Waals surface area contributed by atoms with Crippen LogP contribution in [0.5, 0.6) is 34.5 Å². The lowest BCUT2D eigenvalue weighted by Crippen LogP contribution is -2.41. The van der Waals surface area contributed by atoms with Crippen LogP contribution < -0.4 is 27.1 Å². The molecule has 0 bridgehead atoms. The third kappa shape index (κ3) is 13.8. The van der Waals surface area contributed by atoms with Gasteiger partial charge in [0.15, 0.2) is 25.2 Å². The molecule has 4 fully saturated rings. The normalized spacial score (nSPS) is 20.8. The first-order valence-electron chi connectivity index (χ1n) is 30.2. The highest BCUT2D eigenvalue weighted by atomic mass is 35.5. The summed E-state index contributed by atoms with van der Waals surface area (Å²) in [4.78, 5) is 0. The van der Waals surface area contributed by atoms with E-state index in [1.165, 1.54) is 0 Å². The Kier molecular flexibility index (Phi) is 19.0. The average molecular weight is 1350 g/mol. The van der Waals surface area contributed by atoms with Crippen LogP contribution in [0.4, 0.5) is 0 Å². The SMILES string of the molecule is Cc1cc(C)c(OP(Oc2ccc(Cl)cc2C2OC(C)(C)C(C)(C)O2)Oc2ccc(Cl)cc2C2OC(C)(C)C(C)(C)O2)c(C(C)c2cc(C)cc(C)c2OP(Oc2ccc(Cl)cc2C2OC(C)(C)C(C)(C)O2)Oc2ccc(Cl)cc2C2OC(C)(C)C(C)(C)O2)c1. The van der Waals surface area contributed by atoms with Crippen molar-refractivity contribution in [2.75, 3.05) is 0 Å². The van der Waals surface area contributed by atoms with Crippen molar-refractivity contribution in [1.29, 1.82) is 0 Å². The van der Waals surface area contributed by atoms with Gasteiger partial charge in [-0.3, -0.25) is 0 Å². The minimum atomic E-state index is -2.47. The van der Waals surface area contributed by atoms with Crippen LogP contribution in [0.1, 0.15) is 204 Å². The van der Waals surface area contributed by atoms with E-state index in [-0.39, 0.29) is 0 Å². The molecule has 0 atom stereocenters. The molecule has 6 aromatic rings. The molecule has 14 nitrogen and oxygen atoms in total. The Hall–Kier alpha value is -4.18. The molecule has 10 rings (SSSR count). The highest BCUT2D eigenvalue weighted by Crippen LogP contribution is 2.58. The van der Waals surface area contributed by atoms with E-state index in [0.29, 0.717) is 76.8 Å². The molecule has 0 spiro atoms. The van der Waals surface area contributed by atoms with Crippen LogP contribution in [0.3, 0.4) is 0 Å². The predicted octanol–water partition coefficient (Wildman–Crippen LogP) is 21.6. The fourth-order valence-corrected chi connectivity index (χ4v) is 13.7. The van der Waals surface area contributed by atoms with E-state index in [1.54, 1.807) is 72.8 Å². The number of benzene rings is 6. The van der Waals surface area contributed by atoms with Gasteiger partial charge in [-0.25, -0.2) is 0 Å². The molecule has 4 heterocycles. The molecule has 20 heteroatoms. The summed E-state index contributed by atoms with van der Waals surface area (Å²) in [7, 11) is -4.94. The van der Waals surface area contributed by atoms with Crippen molar-refractivity contribution < 1.29 is 65.0 Å². The Morgan fingerprint density at radius 1 is 0.322 bits per heavy atom. The molecule has 0 saturated carbocycles. The van der Waals surface area contributed by atoms with Crippen LogP contribution >= 0.6 is 63.6 Å². The van der Waals surface area contributed by atoms with Gasteiger partial charge in [-0.1, -0.05) is 88.7 Å². The monoisotopic (exact) mass is 1350 g/mol. The molecular formula is C70H84Cl4O14P2. The van der Waals surface area contributed by atoms with E-state index in [2.05, 4.69) is 31.2 Å². The minimum Gasteiger partial charge on any atom is -0.408 e. The maximum absolute atomic E-state index is 7.32. The number of hydrogen-bond acceptors (Lipinski definition) is 14. The van der Waals surface area contributed by atoms with Gasteiger partial charge in [0.05, 0.1) is 67.1 Å². The van der Waals surface area contributed by atoms with Gasteiger partial charge in [-0.05, 0) is 222 Å². The maximum atomic E-state index is 7.32. The van der Waals surface area contributed by atoms with Crippen LogP contribution in [0.2, 0.25) is 20.1 Å². The van der Waals surface area contributed by atoms with Crippen LogP contribution in [0.25, 0.3) is 0 Å². The fourth-order valence-electron chi connectivity index (χ4n) is 10.6. The third-order valence-corrected chi connectivity index (χ3v) is 21.8. The quantitative estimate of drug-likeness (QED) is 0.0757. The van der Waals surface area contributed by atoms with Gasteiger partial charge in [-0.15, -0.1) is 0 Å². The molecule has 0 radical (unpaired) electrons. The highest BCUT2D eigenvalue weighted by Gasteiger charge is 2.54. The molecule has 6 aromatic carbocycles. The summed E-state index contributed by atoms with van der Waals surface area (Å²) in [6, 6.07) is 29.4. The van der Waals surface area contributed by atoms with Gasteiger partial charge in [0.1, 0.15) is 34.5 Å². The molecule has 486 valence electrons. The lowest BCUT2D eigenvalue weighted by atomic mass is 9.87. The lowest BCUT2D eigenvalue weighted by Gasteiger charge is -2.30. The standard InChI is InChI=1S/C70H84Cl4O14P2/c1-38-30-40(3)57(87-89(83-53-26-22-43(71)34-49(53)59-75-63(6,7)64(8,9)76-59)84-54-27-23-44(72)35-50(54)60-77-65(10,11)66(12,13)78-60)47(32-38)42(5)48-33-39(2)31-41(4)58(48)88-90(85-55-28-24-45(73)36-51(55)61-79-67(14,15)68(16,17)80-61)86-56-29-25-46(74)37-52(56)62-81-69(18,19)70(20,21)82-62/h22-37,42,59-62H,1-21H3. The van der Waals surface area contributed by atoms with Crippen LogP contribution in [-0.4, -0.2) is 44.8 Å². The van der Waals surface area contributed by atoms with Gasteiger partial charge in [-0.2, -0.15) is 0 Å². The lowest BCUT2D eigenvalue weighted by molar-refractivity contribution is -0.0910. The van der Waals surface area contributed by atoms with E-state index in [0.717, 1.165) is 33.4 Å². The van der Waals surface area contributed by atoms with Crippen LogP contribution in [0.15, 0.2) is 97.1 Å². The molecule has 0 amide bonds. The van der Waals surface area contributed by atoms with Crippen LogP contribution in [-0.2, 0) is 37.9 Å².